The van der Waals surface area contributed by atoms with Gasteiger partial charge in [0, 0.05) is 6.04 Å². The van der Waals surface area contributed by atoms with Crippen LogP contribution in [0.3, 0.4) is 0 Å². The van der Waals surface area contributed by atoms with Crippen molar-refractivity contribution in [3.63, 3.8) is 0 Å². The Kier molecular flexibility index (Phi) is 3.68. The molecule has 0 radical (unpaired) electrons. The van der Waals surface area contributed by atoms with E-state index in [-0.39, 0.29) is 0 Å². The lowest BCUT2D eigenvalue weighted by atomic mass is 9.74. The summed E-state index contributed by atoms with van der Waals surface area (Å²) in [6.45, 7) is 3.38. The summed E-state index contributed by atoms with van der Waals surface area (Å²) in [5, 5.41) is 14.3. The molecule has 2 fully saturated rings. The maximum absolute atomic E-state index is 10.7. The maximum atomic E-state index is 10.7. The molecule has 2 N–H and O–H groups in total. The predicted molar refractivity (Wildman–Crippen MR) is 62.8 cm³/mol. The summed E-state index contributed by atoms with van der Waals surface area (Å²) in [4.78, 5) is 0. The van der Waals surface area contributed by atoms with Gasteiger partial charge in [0.25, 0.3) is 0 Å². The smallest absolute Gasteiger partial charge is 0.0802 e. The van der Waals surface area contributed by atoms with Crippen LogP contribution in [0.2, 0.25) is 0 Å². The molecule has 15 heavy (non-hydrogen) atoms. The van der Waals surface area contributed by atoms with E-state index in [1.165, 1.54) is 38.5 Å². The van der Waals surface area contributed by atoms with Gasteiger partial charge in [-0.1, -0.05) is 32.6 Å². The van der Waals surface area contributed by atoms with E-state index >= 15 is 0 Å². The molecule has 0 bridgehead atoms. The third kappa shape index (κ3) is 2.73. The summed E-state index contributed by atoms with van der Waals surface area (Å²) in [6.07, 6.45) is 9.58. The Morgan fingerprint density at radius 1 is 1.13 bits per heavy atom. The molecular formula is C13H25NO. The van der Waals surface area contributed by atoms with Gasteiger partial charge in [-0.2, -0.15) is 0 Å². The SMILES string of the molecule is CC1CCCC(O)(C2CCCCCN2)C1. The molecule has 0 spiro atoms. The van der Waals surface area contributed by atoms with Gasteiger partial charge in [-0.3, -0.25) is 0 Å². The lowest BCUT2D eigenvalue weighted by molar-refractivity contribution is -0.0457. The summed E-state index contributed by atoms with van der Waals surface area (Å²) < 4.78 is 0. The topological polar surface area (TPSA) is 32.3 Å². The lowest BCUT2D eigenvalue weighted by Gasteiger charge is -2.41. The van der Waals surface area contributed by atoms with Crippen molar-refractivity contribution in [2.45, 2.75) is 69.9 Å². The average Bonchev–Trinajstić information content (AvgIpc) is 2.45. The Hall–Kier alpha value is -0.0800. The van der Waals surface area contributed by atoms with Gasteiger partial charge in [0.2, 0.25) is 0 Å². The number of aliphatic hydroxyl groups is 1. The van der Waals surface area contributed by atoms with Crippen molar-refractivity contribution in [3.8, 4) is 0 Å². The van der Waals surface area contributed by atoms with Gasteiger partial charge in [0.05, 0.1) is 5.60 Å². The maximum Gasteiger partial charge on any atom is 0.0802 e. The first kappa shape index (κ1) is 11.4. The van der Waals surface area contributed by atoms with Crippen LogP contribution in [0.25, 0.3) is 0 Å². The minimum atomic E-state index is -0.401. The molecule has 3 unspecified atom stereocenters. The Morgan fingerprint density at radius 2 is 2.00 bits per heavy atom. The highest BCUT2D eigenvalue weighted by Crippen LogP contribution is 2.36. The fourth-order valence-corrected chi connectivity index (χ4v) is 3.37. The second-order valence-corrected chi connectivity index (χ2v) is 5.66. The molecule has 2 nitrogen and oxygen atoms in total. The van der Waals surface area contributed by atoms with Gasteiger partial charge in [0.1, 0.15) is 0 Å². The summed E-state index contributed by atoms with van der Waals surface area (Å²) in [7, 11) is 0. The summed E-state index contributed by atoms with van der Waals surface area (Å²) in [6, 6.07) is 0.364. The Morgan fingerprint density at radius 3 is 2.80 bits per heavy atom. The molecule has 1 heterocycles. The van der Waals surface area contributed by atoms with E-state index in [9.17, 15) is 5.11 Å². The van der Waals surface area contributed by atoms with Gasteiger partial charge in [0.15, 0.2) is 0 Å². The summed E-state index contributed by atoms with van der Waals surface area (Å²) >= 11 is 0. The third-order valence-electron chi connectivity index (χ3n) is 4.22. The van der Waals surface area contributed by atoms with Gasteiger partial charge >= 0.3 is 0 Å². The Labute approximate surface area is 93.5 Å². The van der Waals surface area contributed by atoms with Crippen LogP contribution >= 0.6 is 0 Å². The number of rotatable bonds is 1. The zero-order valence-corrected chi connectivity index (χ0v) is 9.97. The van der Waals surface area contributed by atoms with Gasteiger partial charge in [-0.25, -0.2) is 0 Å². The van der Waals surface area contributed by atoms with Crippen molar-refractivity contribution in [2.24, 2.45) is 5.92 Å². The van der Waals surface area contributed by atoms with E-state index in [2.05, 4.69) is 12.2 Å². The summed E-state index contributed by atoms with van der Waals surface area (Å²) in [5.74, 6) is 0.703. The number of nitrogens with one attached hydrogen (secondary N) is 1. The molecule has 0 aromatic carbocycles. The van der Waals surface area contributed by atoms with E-state index in [1.807, 2.05) is 0 Å². The molecule has 1 aliphatic carbocycles. The Balaban J connectivity index is 1.98. The Bertz CT molecular complexity index is 199. The molecule has 88 valence electrons. The van der Waals surface area contributed by atoms with E-state index in [0.29, 0.717) is 12.0 Å². The normalized spacial score (nSPS) is 43.6. The van der Waals surface area contributed by atoms with Crippen LogP contribution < -0.4 is 5.32 Å². The quantitative estimate of drug-likeness (QED) is 0.698. The fraction of sp³-hybridized carbons (Fsp3) is 1.00. The summed E-state index contributed by atoms with van der Waals surface area (Å²) in [5.41, 5.74) is -0.401. The third-order valence-corrected chi connectivity index (χ3v) is 4.22. The first-order valence-electron chi connectivity index (χ1n) is 6.66. The largest absolute Gasteiger partial charge is 0.388 e. The van der Waals surface area contributed by atoms with Crippen LogP contribution in [0.1, 0.15) is 58.3 Å². The molecule has 0 aromatic rings. The molecule has 2 aliphatic rings. The second kappa shape index (κ2) is 4.84. The zero-order valence-electron chi connectivity index (χ0n) is 9.97. The van der Waals surface area contributed by atoms with E-state index in [1.54, 1.807) is 0 Å². The second-order valence-electron chi connectivity index (χ2n) is 5.66. The van der Waals surface area contributed by atoms with Crippen molar-refractivity contribution < 1.29 is 5.11 Å². The van der Waals surface area contributed by atoms with Gasteiger partial charge in [-0.05, 0) is 38.1 Å². The van der Waals surface area contributed by atoms with Crippen LogP contribution in [0.15, 0.2) is 0 Å². The number of hydrogen-bond donors (Lipinski definition) is 2. The molecule has 1 aliphatic heterocycles. The van der Waals surface area contributed by atoms with Crippen LogP contribution in [-0.2, 0) is 0 Å². The average molecular weight is 211 g/mol. The fourth-order valence-electron chi connectivity index (χ4n) is 3.37. The first-order chi connectivity index (χ1) is 7.21. The van der Waals surface area contributed by atoms with Crippen molar-refractivity contribution in [1.82, 2.24) is 5.32 Å². The van der Waals surface area contributed by atoms with E-state index in [4.69, 9.17) is 0 Å². The van der Waals surface area contributed by atoms with Crippen molar-refractivity contribution in [2.75, 3.05) is 6.54 Å². The predicted octanol–water partition coefficient (Wildman–Crippen LogP) is 2.46. The standard InChI is InChI=1S/C13H25NO/c1-11-6-5-8-13(15,10-11)12-7-3-2-4-9-14-12/h11-12,14-15H,2-10H2,1H3. The van der Waals surface area contributed by atoms with Crippen LogP contribution in [0, 0.1) is 5.92 Å². The molecule has 1 saturated carbocycles. The highest BCUT2D eigenvalue weighted by atomic mass is 16.3. The highest BCUT2D eigenvalue weighted by molar-refractivity contribution is 4.95. The molecule has 2 rings (SSSR count). The van der Waals surface area contributed by atoms with E-state index < -0.39 is 5.60 Å². The van der Waals surface area contributed by atoms with Crippen LogP contribution in [0.5, 0.6) is 0 Å². The van der Waals surface area contributed by atoms with Gasteiger partial charge in [-0.15, -0.1) is 0 Å². The highest BCUT2D eigenvalue weighted by Gasteiger charge is 2.39. The molecule has 1 saturated heterocycles. The van der Waals surface area contributed by atoms with E-state index in [0.717, 1.165) is 19.4 Å². The van der Waals surface area contributed by atoms with Crippen molar-refractivity contribution in [1.29, 1.82) is 0 Å². The van der Waals surface area contributed by atoms with Crippen LogP contribution in [-0.4, -0.2) is 23.3 Å². The molecule has 2 heteroatoms. The number of hydrogen-bond acceptors (Lipinski definition) is 2. The zero-order chi connectivity index (χ0) is 10.7. The first-order valence-corrected chi connectivity index (χ1v) is 6.66. The van der Waals surface area contributed by atoms with Crippen molar-refractivity contribution >= 4 is 0 Å². The molecule has 3 atom stereocenters. The molecular weight excluding hydrogens is 186 g/mol. The minimum Gasteiger partial charge on any atom is -0.388 e. The van der Waals surface area contributed by atoms with Gasteiger partial charge < -0.3 is 10.4 Å². The minimum absolute atomic E-state index is 0.364. The monoisotopic (exact) mass is 211 g/mol. The molecule has 0 aromatic heterocycles. The molecule has 0 amide bonds. The lowest BCUT2D eigenvalue weighted by Crippen LogP contribution is -2.52. The van der Waals surface area contributed by atoms with Crippen molar-refractivity contribution in [3.05, 3.63) is 0 Å². The van der Waals surface area contributed by atoms with Crippen LogP contribution in [0.4, 0.5) is 0 Å².